The lowest BCUT2D eigenvalue weighted by Crippen LogP contribution is -2.23. The van der Waals surface area contributed by atoms with Gasteiger partial charge in [-0.15, -0.1) is 0 Å². The monoisotopic (exact) mass is 406 g/mol. The zero-order valence-corrected chi connectivity index (χ0v) is 18.0. The van der Waals surface area contributed by atoms with Crippen molar-refractivity contribution >= 4 is 5.97 Å². The summed E-state index contributed by atoms with van der Waals surface area (Å²) in [5.41, 5.74) is 0.961. The summed E-state index contributed by atoms with van der Waals surface area (Å²) in [6.07, 6.45) is 19.1. The van der Waals surface area contributed by atoms with Crippen molar-refractivity contribution in [1.29, 1.82) is 0 Å². The third kappa shape index (κ3) is 15.6. The summed E-state index contributed by atoms with van der Waals surface area (Å²) in [5.74, 6) is -0.320. The molecule has 5 heteroatoms. The van der Waals surface area contributed by atoms with Crippen LogP contribution in [-0.2, 0) is 9.53 Å². The van der Waals surface area contributed by atoms with Gasteiger partial charge in [-0.3, -0.25) is 4.79 Å². The van der Waals surface area contributed by atoms with E-state index in [0.29, 0.717) is 12.8 Å². The second-order valence-electron chi connectivity index (χ2n) is 6.99. The van der Waals surface area contributed by atoms with Crippen molar-refractivity contribution in [3.05, 3.63) is 60.3 Å². The molecule has 0 saturated carbocycles. The van der Waals surface area contributed by atoms with Gasteiger partial charge in [-0.2, -0.15) is 0 Å². The van der Waals surface area contributed by atoms with Crippen molar-refractivity contribution in [2.24, 2.45) is 0 Å². The third-order valence-corrected chi connectivity index (χ3v) is 4.44. The van der Waals surface area contributed by atoms with E-state index in [4.69, 9.17) is 0 Å². The number of unbranched alkanes of at least 4 members (excludes halogenated alkanes) is 2. The third-order valence-electron chi connectivity index (χ3n) is 4.44. The van der Waals surface area contributed by atoms with E-state index in [1.807, 2.05) is 43.4 Å². The fraction of sp³-hybridized carbons (Fsp3) is 0.542. The summed E-state index contributed by atoms with van der Waals surface area (Å²) in [6.45, 7) is 4.08. The van der Waals surface area contributed by atoms with Crippen LogP contribution in [0.5, 0.6) is 0 Å². The minimum atomic E-state index is -0.974. The number of carbonyl (C=O) groups is 1. The number of aliphatic hydroxyl groups is 3. The summed E-state index contributed by atoms with van der Waals surface area (Å²) in [5, 5.41) is 29.7. The highest BCUT2D eigenvalue weighted by molar-refractivity contribution is 5.68. The SMILES string of the molecule is CCCCC[C@H](O)/C(C)=C/C=C/C=C\C=C\C=C\[C@@H](O)[C@@H](O)CCCC(=O)OC. The number of hydrogen-bond acceptors (Lipinski definition) is 5. The second kappa shape index (κ2) is 18.1. The van der Waals surface area contributed by atoms with Gasteiger partial charge < -0.3 is 20.1 Å². The Morgan fingerprint density at radius 1 is 0.897 bits per heavy atom. The number of allylic oxidation sites excluding steroid dienone is 8. The van der Waals surface area contributed by atoms with Crippen molar-refractivity contribution in [3.8, 4) is 0 Å². The minimum absolute atomic E-state index is 0.231. The fourth-order valence-corrected chi connectivity index (χ4v) is 2.49. The Morgan fingerprint density at radius 3 is 2.14 bits per heavy atom. The standard InChI is InChI=1S/C24H38O5/c1-4-5-11-16-21(25)20(2)15-12-9-7-6-8-10-13-17-22(26)23(27)18-14-19-24(28)29-3/h6-10,12-13,15,17,21-23,25-27H,4-5,11,14,16,18-19H2,1-3H3/b7-6-,10-8+,12-9+,17-13+,20-15+/t21-,22+,23-/m0/s1. The summed E-state index contributed by atoms with van der Waals surface area (Å²) in [4.78, 5) is 11.0. The molecule has 3 atom stereocenters. The zero-order chi connectivity index (χ0) is 21.9. The number of aliphatic hydroxyl groups excluding tert-OH is 3. The van der Waals surface area contributed by atoms with Gasteiger partial charge in [0, 0.05) is 6.42 Å². The predicted molar refractivity (Wildman–Crippen MR) is 118 cm³/mol. The Bertz CT molecular complexity index is 572. The Kier molecular flexibility index (Phi) is 16.9. The van der Waals surface area contributed by atoms with E-state index in [9.17, 15) is 20.1 Å². The van der Waals surface area contributed by atoms with Gasteiger partial charge >= 0.3 is 5.97 Å². The molecule has 164 valence electrons. The average Bonchev–Trinajstić information content (AvgIpc) is 2.71. The van der Waals surface area contributed by atoms with Gasteiger partial charge in [-0.1, -0.05) is 80.9 Å². The summed E-state index contributed by atoms with van der Waals surface area (Å²) < 4.78 is 4.53. The molecule has 0 aliphatic rings. The molecule has 0 aromatic carbocycles. The summed E-state index contributed by atoms with van der Waals surface area (Å²) in [6, 6.07) is 0. The Balaban J connectivity index is 4.15. The van der Waals surface area contributed by atoms with Crippen LogP contribution in [-0.4, -0.2) is 46.7 Å². The summed E-state index contributed by atoms with van der Waals surface area (Å²) in [7, 11) is 1.32. The molecule has 0 amide bonds. The van der Waals surface area contributed by atoms with Gasteiger partial charge in [0.25, 0.3) is 0 Å². The quantitative estimate of drug-likeness (QED) is 0.216. The van der Waals surface area contributed by atoms with Crippen LogP contribution in [0.1, 0.15) is 58.8 Å². The molecule has 0 radical (unpaired) electrons. The van der Waals surface area contributed by atoms with Crippen LogP contribution in [0.25, 0.3) is 0 Å². The Morgan fingerprint density at radius 2 is 1.52 bits per heavy atom. The molecule has 0 rings (SSSR count). The lowest BCUT2D eigenvalue weighted by molar-refractivity contribution is -0.140. The van der Waals surface area contributed by atoms with E-state index in [1.165, 1.54) is 13.2 Å². The van der Waals surface area contributed by atoms with Crippen LogP contribution >= 0.6 is 0 Å². The molecule has 0 unspecified atom stereocenters. The molecule has 0 aromatic heterocycles. The van der Waals surface area contributed by atoms with Crippen LogP contribution in [0, 0.1) is 0 Å². The van der Waals surface area contributed by atoms with E-state index >= 15 is 0 Å². The van der Waals surface area contributed by atoms with Crippen LogP contribution in [0.3, 0.4) is 0 Å². The Hall–Kier alpha value is -1.95. The number of ether oxygens (including phenoxy) is 1. The van der Waals surface area contributed by atoms with E-state index < -0.39 is 12.2 Å². The van der Waals surface area contributed by atoms with Gasteiger partial charge in [0.05, 0.1) is 25.4 Å². The number of esters is 1. The molecule has 3 N–H and O–H groups in total. The van der Waals surface area contributed by atoms with Crippen molar-refractivity contribution in [1.82, 2.24) is 0 Å². The van der Waals surface area contributed by atoms with Crippen molar-refractivity contribution in [2.75, 3.05) is 7.11 Å². The van der Waals surface area contributed by atoms with Gasteiger partial charge in [0.1, 0.15) is 0 Å². The first-order valence-electron chi connectivity index (χ1n) is 10.4. The smallest absolute Gasteiger partial charge is 0.305 e. The van der Waals surface area contributed by atoms with Crippen molar-refractivity contribution < 1.29 is 24.9 Å². The van der Waals surface area contributed by atoms with Gasteiger partial charge in [0.15, 0.2) is 0 Å². The van der Waals surface area contributed by atoms with Crippen LogP contribution in [0.4, 0.5) is 0 Å². The van der Waals surface area contributed by atoms with Gasteiger partial charge in [-0.25, -0.2) is 0 Å². The molecule has 0 bridgehead atoms. The maximum absolute atomic E-state index is 11.0. The van der Waals surface area contributed by atoms with Crippen molar-refractivity contribution in [3.63, 3.8) is 0 Å². The largest absolute Gasteiger partial charge is 0.469 e. The molecular formula is C24H38O5. The zero-order valence-electron chi connectivity index (χ0n) is 18.0. The second-order valence-corrected chi connectivity index (χ2v) is 6.99. The molecule has 0 saturated heterocycles. The normalized spacial score (nSPS) is 16.3. The van der Waals surface area contributed by atoms with Crippen molar-refractivity contribution in [2.45, 2.75) is 77.1 Å². The highest BCUT2D eigenvalue weighted by Crippen LogP contribution is 2.11. The Labute approximate surface area is 175 Å². The molecule has 0 aromatic rings. The van der Waals surface area contributed by atoms with Gasteiger partial charge in [0.2, 0.25) is 0 Å². The maximum Gasteiger partial charge on any atom is 0.305 e. The van der Waals surface area contributed by atoms with Crippen LogP contribution < -0.4 is 0 Å². The van der Waals surface area contributed by atoms with E-state index in [2.05, 4.69) is 11.7 Å². The van der Waals surface area contributed by atoms with Crippen LogP contribution in [0.15, 0.2) is 60.3 Å². The predicted octanol–water partition coefficient (Wildman–Crippen LogP) is 4.16. The molecule has 29 heavy (non-hydrogen) atoms. The molecule has 0 heterocycles. The number of rotatable bonds is 15. The highest BCUT2D eigenvalue weighted by Gasteiger charge is 2.13. The summed E-state index contributed by atoms with van der Waals surface area (Å²) >= 11 is 0. The fourth-order valence-electron chi connectivity index (χ4n) is 2.49. The first kappa shape index (κ1) is 27.0. The van der Waals surface area contributed by atoms with Crippen LogP contribution in [0.2, 0.25) is 0 Å². The van der Waals surface area contributed by atoms with E-state index in [-0.39, 0.29) is 18.5 Å². The molecule has 5 nitrogen and oxygen atoms in total. The number of methoxy groups -OCH3 is 1. The average molecular weight is 407 g/mol. The highest BCUT2D eigenvalue weighted by atomic mass is 16.5. The minimum Gasteiger partial charge on any atom is -0.469 e. The molecule has 0 aliphatic carbocycles. The van der Waals surface area contributed by atoms with E-state index in [1.54, 1.807) is 12.2 Å². The lowest BCUT2D eigenvalue weighted by atomic mass is 10.0. The van der Waals surface area contributed by atoms with Gasteiger partial charge in [-0.05, 0) is 31.8 Å². The number of carbonyl (C=O) groups excluding carboxylic acids is 1. The first-order valence-corrected chi connectivity index (χ1v) is 10.4. The maximum atomic E-state index is 11.0. The molecule has 0 aliphatic heterocycles. The topological polar surface area (TPSA) is 87.0 Å². The molecule has 0 spiro atoms. The lowest BCUT2D eigenvalue weighted by Gasteiger charge is -2.13. The van der Waals surface area contributed by atoms with E-state index in [0.717, 1.165) is 31.3 Å². The number of hydrogen-bond donors (Lipinski definition) is 3. The molecular weight excluding hydrogens is 368 g/mol. The first-order chi connectivity index (χ1) is 13.9. The molecule has 0 fully saturated rings.